The van der Waals surface area contributed by atoms with Crippen LogP contribution in [0, 0.1) is 12.7 Å². The van der Waals surface area contributed by atoms with Gasteiger partial charge >= 0.3 is 5.97 Å². The molecule has 0 saturated heterocycles. The van der Waals surface area contributed by atoms with Gasteiger partial charge in [-0.25, -0.2) is 13.6 Å². The van der Waals surface area contributed by atoms with E-state index in [0.717, 1.165) is 12.3 Å². The maximum Gasteiger partial charge on any atom is 0.341 e. The van der Waals surface area contributed by atoms with Crippen molar-refractivity contribution in [1.82, 2.24) is 4.57 Å². The third kappa shape index (κ3) is 1.88. The standard InChI is InChI=1S/C14H12F2N2O3/c1-5-2-8(16)11(17)10-12(5)18(9-3-7(9)15)4-6(13(10)19)14(20)21/h2,4,7,9H,3,17H2,1H3,(H,20,21). The van der Waals surface area contributed by atoms with E-state index in [4.69, 9.17) is 10.8 Å². The molecule has 2 atom stereocenters. The van der Waals surface area contributed by atoms with Crippen molar-refractivity contribution in [3.63, 3.8) is 0 Å². The first-order chi connectivity index (χ1) is 9.82. The van der Waals surface area contributed by atoms with Crippen LogP contribution >= 0.6 is 0 Å². The third-order valence-electron chi connectivity index (χ3n) is 3.75. The van der Waals surface area contributed by atoms with Gasteiger partial charge in [-0.05, 0) is 18.6 Å². The Labute approximate surface area is 117 Å². The van der Waals surface area contributed by atoms with Crippen LogP contribution in [0.25, 0.3) is 10.9 Å². The van der Waals surface area contributed by atoms with Gasteiger partial charge in [0.1, 0.15) is 17.6 Å². The zero-order chi connectivity index (χ0) is 15.5. The molecule has 1 aromatic carbocycles. The molecule has 0 radical (unpaired) electrons. The van der Waals surface area contributed by atoms with Gasteiger partial charge in [-0.2, -0.15) is 0 Å². The van der Waals surface area contributed by atoms with Crippen molar-refractivity contribution in [3.8, 4) is 0 Å². The number of hydrogen-bond acceptors (Lipinski definition) is 3. The number of hydrogen-bond donors (Lipinski definition) is 2. The van der Waals surface area contributed by atoms with E-state index in [1.54, 1.807) is 6.92 Å². The lowest BCUT2D eigenvalue weighted by Gasteiger charge is -2.15. The predicted octanol–water partition coefficient (Wildman–Crippen LogP) is 2.01. The number of alkyl halides is 1. The number of aryl methyl sites for hydroxylation is 1. The van der Waals surface area contributed by atoms with Crippen LogP contribution in [0.1, 0.15) is 28.4 Å². The predicted molar refractivity (Wildman–Crippen MR) is 72.8 cm³/mol. The van der Waals surface area contributed by atoms with Crippen molar-refractivity contribution < 1.29 is 18.7 Å². The molecule has 5 nitrogen and oxygen atoms in total. The summed E-state index contributed by atoms with van der Waals surface area (Å²) < 4.78 is 28.5. The quantitative estimate of drug-likeness (QED) is 0.830. The Hall–Kier alpha value is -2.44. The number of halogens is 2. The maximum atomic E-state index is 13.8. The number of benzene rings is 1. The van der Waals surface area contributed by atoms with E-state index < -0.39 is 40.7 Å². The molecular formula is C14H12F2N2O3. The SMILES string of the molecule is Cc1cc(F)c(N)c2c(=O)c(C(=O)O)cn(C3CC3F)c12. The normalized spacial score (nSPS) is 20.7. The topological polar surface area (TPSA) is 85.3 Å². The molecule has 3 rings (SSSR count). The van der Waals surface area contributed by atoms with Crippen LogP contribution in [-0.2, 0) is 0 Å². The van der Waals surface area contributed by atoms with Crippen molar-refractivity contribution in [2.45, 2.75) is 25.6 Å². The number of nitrogen functional groups attached to an aromatic ring is 1. The molecule has 7 heteroatoms. The molecule has 110 valence electrons. The average molecular weight is 294 g/mol. The number of aromatic nitrogens is 1. The number of anilines is 1. The van der Waals surface area contributed by atoms with Crippen LogP contribution in [0.5, 0.6) is 0 Å². The first-order valence-electron chi connectivity index (χ1n) is 6.33. The summed E-state index contributed by atoms with van der Waals surface area (Å²) in [7, 11) is 0. The lowest BCUT2D eigenvalue weighted by molar-refractivity contribution is 0.0694. The van der Waals surface area contributed by atoms with E-state index in [9.17, 15) is 18.4 Å². The number of fused-ring (bicyclic) bond motifs is 1. The molecule has 0 aliphatic heterocycles. The lowest BCUT2D eigenvalue weighted by Crippen LogP contribution is -2.21. The van der Waals surface area contributed by atoms with Gasteiger partial charge in [0.15, 0.2) is 0 Å². The van der Waals surface area contributed by atoms with Gasteiger partial charge in [0.25, 0.3) is 0 Å². The molecule has 0 spiro atoms. The first-order valence-corrected chi connectivity index (χ1v) is 6.33. The number of nitrogens with two attached hydrogens (primary N) is 1. The number of rotatable bonds is 2. The average Bonchev–Trinajstić information content (AvgIpc) is 3.12. The summed E-state index contributed by atoms with van der Waals surface area (Å²) in [6.45, 7) is 1.57. The van der Waals surface area contributed by atoms with Crippen LogP contribution in [-0.4, -0.2) is 21.8 Å². The largest absolute Gasteiger partial charge is 0.477 e. The highest BCUT2D eigenvalue weighted by Crippen LogP contribution is 2.41. The molecule has 0 amide bonds. The summed E-state index contributed by atoms with van der Waals surface area (Å²) in [4.78, 5) is 23.4. The fraction of sp³-hybridized carbons (Fsp3) is 0.286. The second-order valence-electron chi connectivity index (χ2n) is 5.22. The molecule has 3 N–H and O–H groups in total. The monoisotopic (exact) mass is 294 g/mol. The number of aromatic carboxylic acids is 1. The number of carbonyl (C=O) groups is 1. The molecule has 1 heterocycles. The van der Waals surface area contributed by atoms with Gasteiger partial charge in [-0.15, -0.1) is 0 Å². The Kier molecular flexibility index (Phi) is 2.76. The van der Waals surface area contributed by atoms with Gasteiger partial charge in [0.2, 0.25) is 5.43 Å². The second kappa shape index (κ2) is 4.28. The fourth-order valence-electron chi connectivity index (χ4n) is 2.59. The fourth-order valence-corrected chi connectivity index (χ4v) is 2.59. The van der Waals surface area contributed by atoms with Crippen LogP contribution in [0.4, 0.5) is 14.5 Å². The number of nitrogens with zero attached hydrogens (tertiary/aromatic N) is 1. The molecule has 2 aromatic rings. The molecule has 1 saturated carbocycles. The van der Waals surface area contributed by atoms with Crippen molar-refractivity contribution in [1.29, 1.82) is 0 Å². The van der Waals surface area contributed by atoms with Gasteiger partial charge < -0.3 is 15.4 Å². The minimum atomic E-state index is -1.45. The van der Waals surface area contributed by atoms with Gasteiger partial charge in [0, 0.05) is 12.6 Å². The zero-order valence-electron chi connectivity index (χ0n) is 11.1. The van der Waals surface area contributed by atoms with E-state index in [1.807, 2.05) is 0 Å². The van der Waals surface area contributed by atoms with Crippen LogP contribution in [0.2, 0.25) is 0 Å². The van der Waals surface area contributed by atoms with Crippen molar-refractivity contribution in [2.24, 2.45) is 0 Å². The van der Waals surface area contributed by atoms with E-state index in [-0.39, 0.29) is 17.3 Å². The summed E-state index contributed by atoms with van der Waals surface area (Å²) in [5, 5.41) is 8.90. The van der Waals surface area contributed by atoms with Crippen molar-refractivity contribution >= 4 is 22.6 Å². The molecule has 1 aliphatic carbocycles. The van der Waals surface area contributed by atoms with Gasteiger partial charge in [-0.3, -0.25) is 4.79 Å². The summed E-state index contributed by atoms with van der Waals surface area (Å²) in [5.41, 5.74) is 4.49. The van der Waals surface area contributed by atoms with E-state index in [0.29, 0.717) is 5.56 Å². The summed E-state index contributed by atoms with van der Waals surface area (Å²) in [6, 6.07) is 0.610. The van der Waals surface area contributed by atoms with Gasteiger partial charge in [-0.1, -0.05) is 0 Å². The van der Waals surface area contributed by atoms with Crippen LogP contribution in [0.15, 0.2) is 17.1 Å². The number of carboxylic acid groups (broad SMARTS) is 1. The highest BCUT2D eigenvalue weighted by atomic mass is 19.1. The Balaban J connectivity index is 2.52. The zero-order valence-corrected chi connectivity index (χ0v) is 11.1. The number of carboxylic acids is 1. The van der Waals surface area contributed by atoms with Crippen molar-refractivity contribution in [3.05, 3.63) is 39.4 Å². The Morgan fingerprint density at radius 3 is 2.67 bits per heavy atom. The maximum absolute atomic E-state index is 13.8. The highest BCUT2D eigenvalue weighted by molar-refractivity contribution is 5.98. The number of pyridine rings is 1. The Bertz CT molecular complexity index is 844. The molecule has 0 bridgehead atoms. The van der Waals surface area contributed by atoms with E-state index >= 15 is 0 Å². The Morgan fingerprint density at radius 2 is 2.14 bits per heavy atom. The molecule has 1 aliphatic rings. The summed E-state index contributed by atoms with van der Waals surface area (Å²) >= 11 is 0. The second-order valence-corrected chi connectivity index (χ2v) is 5.22. The lowest BCUT2D eigenvalue weighted by atomic mass is 10.0. The molecule has 21 heavy (non-hydrogen) atoms. The molecule has 2 unspecified atom stereocenters. The summed E-state index contributed by atoms with van der Waals surface area (Å²) in [6.07, 6.45) is 0.234. The van der Waals surface area contributed by atoms with Crippen LogP contribution < -0.4 is 11.2 Å². The van der Waals surface area contributed by atoms with Crippen LogP contribution in [0.3, 0.4) is 0 Å². The third-order valence-corrected chi connectivity index (χ3v) is 3.75. The van der Waals surface area contributed by atoms with Crippen molar-refractivity contribution in [2.75, 3.05) is 5.73 Å². The smallest absolute Gasteiger partial charge is 0.341 e. The minimum absolute atomic E-state index is 0.202. The molecular weight excluding hydrogens is 282 g/mol. The minimum Gasteiger partial charge on any atom is -0.477 e. The Morgan fingerprint density at radius 1 is 1.52 bits per heavy atom. The van der Waals surface area contributed by atoms with Gasteiger partial charge in [0.05, 0.1) is 22.6 Å². The van der Waals surface area contributed by atoms with E-state index in [1.165, 1.54) is 4.57 Å². The van der Waals surface area contributed by atoms with E-state index in [2.05, 4.69) is 0 Å². The molecule has 1 fully saturated rings. The first kappa shape index (κ1) is 13.5. The summed E-state index contributed by atoms with van der Waals surface area (Å²) in [5.74, 6) is -2.24. The molecule has 1 aromatic heterocycles. The highest BCUT2D eigenvalue weighted by Gasteiger charge is 2.40.